The van der Waals surface area contributed by atoms with Crippen LogP contribution in [0.2, 0.25) is 0 Å². The van der Waals surface area contributed by atoms with Crippen molar-refractivity contribution in [1.29, 1.82) is 0 Å². The highest BCUT2D eigenvalue weighted by atomic mass is 32.2. The maximum absolute atomic E-state index is 12.6. The van der Waals surface area contributed by atoms with Crippen molar-refractivity contribution in [3.63, 3.8) is 0 Å². The summed E-state index contributed by atoms with van der Waals surface area (Å²) in [5.41, 5.74) is -1.68. The molecule has 3 amide bonds. The topological polar surface area (TPSA) is 153 Å². The Hall–Kier alpha value is -3.53. The van der Waals surface area contributed by atoms with Gasteiger partial charge in [-0.3, -0.25) is 10.1 Å². The average molecular weight is 460 g/mol. The predicted molar refractivity (Wildman–Crippen MR) is 112 cm³/mol. The van der Waals surface area contributed by atoms with Gasteiger partial charge < -0.3 is 19.7 Å². The first-order valence-corrected chi connectivity index (χ1v) is 11.1. The molecule has 1 fully saturated rings. The van der Waals surface area contributed by atoms with Crippen molar-refractivity contribution in [2.45, 2.75) is 16.3 Å². The van der Waals surface area contributed by atoms with Crippen molar-refractivity contribution < 1.29 is 27.9 Å². The Morgan fingerprint density at radius 1 is 1.29 bits per heavy atom. The molecule has 3 aromatic rings. The molecule has 2 aromatic heterocycles. The van der Waals surface area contributed by atoms with Gasteiger partial charge in [0.1, 0.15) is 9.96 Å². The van der Waals surface area contributed by atoms with Crippen LogP contribution >= 0.6 is 11.3 Å². The molecular formula is C19H16N4O6S2. The minimum absolute atomic E-state index is 0.0750. The lowest BCUT2D eigenvalue weighted by Gasteiger charge is -2.20. The zero-order valence-electron chi connectivity index (χ0n) is 16.0. The first-order valence-electron chi connectivity index (χ1n) is 8.76. The molecule has 1 saturated heterocycles. The lowest BCUT2D eigenvalue weighted by molar-refractivity contribution is -0.122. The molecule has 10 nitrogen and oxygen atoms in total. The number of carbonyl (C=O) groups is 2. The number of aromatic hydroxyl groups is 1. The van der Waals surface area contributed by atoms with Gasteiger partial charge in [0.15, 0.2) is 5.88 Å². The van der Waals surface area contributed by atoms with E-state index in [1.54, 1.807) is 24.4 Å². The molecule has 0 saturated carbocycles. The highest BCUT2D eigenvalue weighted by Crippen LogP contribution is 2.32. The van der Waals surface area contributed by atoms with E-state index < -0.39 is 27.5 Å². The Labute approximate surface area is 180 Å². The third-order valence-corrected chi connectivity index (χ3v) is 7.12. The van der Waals surface area contributed by atoms with Crippen LogP contribution in [-0.2, 0) is 21.4 Å². The summed E-state index contributed by atoms with van der Waals surface area (Å²) in [6, 6.07) is 7.15. The van der Waals surface area contributed by atoms with Gasteiger partial charge in [-0.15, -0.1) is 11.3 Å². The lowest BCUT2D eigenvalue weighted by Crippen LogP contribution is -2.49. The zero-order chi connectivity index (χ0) is 22.4. The van der Waals surface area contributed by atoms with E-state index in [2.05, 4.69) is 22.5 Å². The summed E-state index contributed by atoms with van der Waals surface area (Å²) >= 11 is 0.840. The normalized spacial score (nSPS) is 18.4. The summed E-state index contributed by atoms with van der Waals surface area (Å²) in [6.07, 6.45) is 1.62. The van der Waals surface area contributed by atoms with Crippen molar-refractivity contribution in [3.05, 3.63) is 41.4 Å². The summed E-state index contributed by atoms with van der Waals surface area (Å²) < 4.78 is 29.4. The van der Waals surface area contributed by atoms with E-state index in [-0.39, 0.29) is 16.6 Å². The number of methoxy groups -OCH3 is 1. The summed E-state index contributed by atoms with van der Waals surface area (Å²) in [6.45, 7) is -0.187. The number of nitrogens with zero attached hydrogens (tertiary/aromatic N) is 1. The maximum atomic E-state index is 12.6. The molecule has 12 heteroatoms. The van der Waals surface area contributed by atoms with E-state index in [9.17, 15) is 23.1 Å². The molecule has 160 valence electrons. The van der Waals surface area contributed by atoms with E-state index in [1.165, 1.54) is 23.8 Å². The number of carbonyl (C=O) groups excluding carboxylic acids is 2. The van der Waals surface area contributed by atoms with Gasteiger partial charge in [-0.25, -0.2) is 18.4 Å². The number of nitrogens with one attached hydrogen (secondary N) is 2. The molecule has 4 rings (SSSR count). The van der Waals surface area contributed by atoms with Gasteiger partial charge in [-0.2, -0.15) is 0 Å². The van der Waals surface area contributed by atoms with E-state index in [0.29, 0.717) is 21.4 Å². The van der Waals surface area contributed by atoms with Crippen LogP contribution in [0.3, 0.4) is 0 Å². The van der Waals surface area contributed by atoms with E-state index >= 15 is 0 Å². The van der Waals surface area contributed by atoms with Gasteiger partial charge in [0.05, 0.1) is 18.5 Å². The number of aromatic nitrogens is 1. The van der Waals surface area contributed by atoms with Gasteiger partial charge in [0.2, 0.25) is 15.6 Å². The minimum atomic E-state index is -3.87. The number of fused-ring (bicyclic) bond motifs is 1. The summed E-state index contributed by atoms with van der Waals surface area (Å²) in [7, 11) is -2.37. The molecule has 5 N–H and O–H groups in total. The van der Waals surface area contributed by atoms with E-state index in [4.69, 9.17) is 9.88 Å². The Kier molecular flexibility index (Phi) is 4.89. The molecule has 0 aliphatic carbocycles. The van der Waals surface area contributed by atoms with Crippen LogP contribution in [0.15, 0.2) is 40.7 Å². The molecule has 0 bridgehead atoms. The third kappa shape index (κ3) is 3.81. The van der Waals surface area contributed by atoms with Crippen molar-refractivity contribution >= 4 is 44.1 Å². The summed E-state index contributed by atoms with van der Waals surface area (Å²) in [5.74, 6) is 5.17. The van der Waals surface area contributed by atoms with Crippen LogP contribution in [0.25, 0.3) is 10.8 Å². The van der Waals surface area contributed by atoms with Crippen LogP contribution in [0.1, 0.15) is 4.88 Å². The van der Waals surface area contributed by atoms with Gasteiger partial charge in [-0.1, -0.05) is 11.8 Å². The Balaban J connectivity index is 1.74. The quantitative estimate of drug-likeness (QED) is 0.332. The number of thiophene rings is 1. The van der Waals surface area contributed by atoms with Crippen LogP contribution in [0.4, 0.5) is 4.79 Å². The third-order valence-electron chi connectivity index (χ3n) is 4.68. The van der Waals surface area contributed by atoms with Crippen LogP contribution in [-0.4, -0.2) is 42.7 Å². The van der Waals surface area contributed by atoms with Gasteiger partial charge in [0.25, 0.3) is 5.91 Å². The number of rotatable bonds is 4. The van der Waals surface area contributed by atoms with Crippen LogP contribution in [0.5, 0.6) is 11.6 Å². The van der Waals surface area contributed by atoms with Gasteiger partial charge in [-0.05, 0) is 30.3 Å². The number of imide groups is 1. The second kappa shape index (κ2) is 7.31. The van der Waals surface area contributed by atoms with Crippen molar-refractivity contribution in [2.24, 2.45) is 5.14 Å². The maximum Gasteiger partial charge on any atom is 0.323 e. The second-order valence-corrected chi connectivity index (χ2v) is 9.63. The molecule has 1 aliphatic rings. The van der Waals surface area contributed by atoms with Crippen molar-refractivity contribution in [1.82, 2.24) is 15.2 Å². The number of hydrogen-bond donors (Lipinski definition) is 4. The average Bonchev–Trinajstić information content (AvgIpc) is 3.38. The summed E-state index contributed by atoms with van der Waals surface area (Å²) in [4.78, 5) is 24.8. The monoisotopic (exact) mass is 460 g/mol. The molecule has 0 spiro atoms. The number of hydrogen-bond acceptors (Lipinski definition) is 7. The molecule has 0 radical (unpaired) electrons. The Morgan fingerprint density at radius 3 is 2.68 bits per heavy atom. The standard InChI is InChI=1S/C19H16N4O6S2/c1-29-12-3-2-11-9-23(16(24)14(11)8-12)10-19(17(25)21-18(26)22-19)7-6-13-4-5-15(30-13)31(20,27)28/h2-5,8-9,24H,10H2,1H3,(H2,20,27,28)(H2,21,22,25,26)/t19-/m1/s1. The molecule has 3 heterocycles. The van der Waals surface area contributed by atoms with Gasteiger partial charge in [0, 0.05) is 17.0 Å². The molecule has 1 aromatic carbocycles. The lowest BCUT2D eigenvalue weighted by atomic mass is 10.0. The molecular weight excluding hydrogens is 444 g/mol. The SMILES string of the molecule is COc1ccc2cn(C[C@@]3(C#Cc4ccc(S(N)(=O)=O)s4)NC(=O)NC3=O)c(O)c2c1. The first-order chi connectivity index (χ1) is 14.6. The molecule has 1 atom stereocenters. The van der Waals surface area contributed by atoms with E-state index in [0.717, 1.165) is 11.3 Å². The number of urea groups is 1. The van der Waals surface area contributed by atoms with Crippen LogP contribution in [0, 0.1) is 11.8 Å². The Bertz CT molecular complexity index is 1400. The fourth-order valence-corrected chi connectivity index (χ4v) is 4.75. The van der Waals surface area contributed by atoms with Crippen molar-refractivity contribution in [3.8, 4) is 23.5 Å². The minimum Gasteiger partial charge on any atom is -0.497 e. The fraction of sp³-hybridized carbons (Fsp3) is 0.158. The number of ether oxygens (including phenoxy) is 1. The molecule has 1 aliphatic heterocycles. The van der Waals surface area contributed by atoms with Gasteiger partial charge >= 0.3 is 6.03 Å². The number of sulfonamides is 1. The number of amides is 3. The fourth-order valence-electron chi connectivity index (χ4n) is 3.17. The first kappa shape index (κ1) is 20.7. The molecule has 31 heavy (non-hydrogen) atoms. The Morgan fingerprint density at radius 2 is 2.06 bits per heavy atom. The summed E-state index contributed by atoms with van der Waals surface area (Å²) in [5, 5.41) is 21.6. The van der Waals surface area contributed by atoms with Crippen LogP contribution < -0.4 is 20.5 Å². The highest BCUT2D eigenvalue weighted by Gasteiger charge is 2.46. The number of benzene rings is 1. The zero-order valence-corrected chi connectivity index (χ0v) is 17.6. The molecule has 0 unspecified atom stereocenters. The predicted octanol–water partition coefficient (Wildman–Crippen LogP) is 0.694. The highest BCUT2D eigenvalue weighted by molar-refractivity contribution is 7.91. The second-order valence-electron chi connectivity index (χ2n) is 6.76. The number of nitrogens with two attached hydrogens (primary N) is 1. The number of primary sulfonamides is 1. The smallest absolute Gasteiger partial charge is 0.323 e. The van der Waals surface area contributed by atoms with Crippen molar-refractivity contribution in [2.75, 3.05) is 7.11 Å². The largest absolute Gasteiger partial charge is 0.497 e. The van der Waals surface area contributed by atoms with E-state index in [1.807, 2.05) is 0 Å².